The molecule has 1 N–H and O–H groups in total. The fraction of sp³-hybridized carbons (Fsp3) is 0.381. The first-order valence-electron chi connectivity index (χ1n) is 10.1. The lowest BCUT2D eigenvalue weighted by molar-refractivity contribution is -0.605. The van der Waals surface area contributed by atoms with Crippen LogP contribution >= 0.6 is 0 Å². The molecule has 146 valence electrons. The summed E-state index contributed by atoms with van der Waals surface area (Å²) >= 11 is 0. The summed E-state index contributed by atoms with van der Waals surface area (Å²) < 4.78 is 2.41. The van der Waals surface area contributed by atoms with Crippen molar-refractivity contribution in [2.45, 2.75) is 43.6 Å². The van der Waals surface area contributed by atoms with Gasteiger partial charge in [0, 0.05) is 17.7 Å². The third kappa shape index (κ3) is 2.48. The van der Waals surface area contributed by atoms with Crippen molar-refractivity contribution in [3.8, 4) is 5.82 Å². The van der Waals surface area contributed by atoms with Crippen molar-refractivity contribution in [1.82, 2.24) is 25.1 Å². The van der Waals surface area contributed by atoms with Crippen LogP contribution in [0.2, 0.25) is 0 Å². The van der Waals surface area contributed by atoms with Crippen LogP contribution in [0.15, 0.2) is 43.0 Å². The van der Waals surface area contributed by atoms with Gasteiger partial charge in [-0.3, -0.25) is 9.78 Å². The molecule has 0 bridgehead atoms. The first kappa shape index (κ1) is 16.6. The molecule has 0 radical (unpaired) electrons. The zero-order valence-electron chi connectivity index (χ0n) is 15.8. The van der Waals surface area contributed by atoms with Crippen molar-refractivity contribution in [3.05, 3.63) is 70.8 Å². The maximum Gasteiger partial charge on any atom is 0.272 e. The molecule has 2 fully saturated rings. The number of hydrogen-bond acceptors (Lipinski definition) is 5. The minimum absolute atomic E-state index is 0.169. The van der Waals surface area contributed by atoms with Crippen molar-refractivity contribution in [2.75, 3.05) is 0 Å². The average Bonchev–Trinajstić information content (AvgIpc) is 3.20. The van der Waals surface area contributed by atoms with E-state index in [-0.39, 0.29) is 5.91 Å². The van der Waals surface area contributed by atoms with Gasteiger partial charge in [-0.1, -0.05) is 6.07 Å². The highest BCUT2D eigenvalue weighted by atomic mass is 16.5. The van der Waals surface area contributed by atoms with Crippen molar-refractivity contribution in [1.29, 1.82) is 0 Å². The predicted molar refractivity (Wildman–Crippen MR) is 102 cm³/mol. The van der Waals surface area contributed by atoms with E-state index in [9.17, 15) is 10.0 Å². The van der Waals surface area contributed by atoms with Crippen molar-refractivity contribution < 1.29 is 9.52 Å². The Bertz CT molecular complexity index is 1120. The van der Waals surface area contributed by atoms with E-state index in [2.05, 4.69) is 20.4 Å². The van der Waals surface area contributed by atoms with Gasteiger partial charge in [-0.25, -0.2) is 9.67 Å². The van der Waals surface area contributed by atoms with E-state index >= 15 is 0 Å². The monoisotopic (exact) mass is 388 g/mol. The predicted octanol–water partition coefficient (Wildman–Crippen LogP) is 1.76. The SMILES string of the molecule is O=C(NC1(c2ccccn2)CCC1)c1nn(-c2c[n+]([O-])ccn2)c2c1C[C@H]1C[C@@H]21. The molecule has 1 amide bonds. The minimum atomic E-state index is -0.417. The summed E-state index contributed by atoms with van der Waals surface area (Å²) in [6.45, 7) is 0. The lowest BCUT2D eigenvalue weighted by Crippen LogP contribution is -2.51. The van der Waals surface area contributed by atoms with Gasteiger partial charge in [0.2, 0.25) is 12.0 Å². The van der Waals surface area contributed by atoms with Crippen LogP contribution in [-0.4, -0.2) is 25.7 Å². The second kappa shape index (κ2) is 5.85. The summed E-state index contributed by atoms with van der Waals surface area (Å²) in [5.74, 6) is 1.28. The number of pyridine rings is 1. The van der Waals surface area contributed by atoms with Crippen molar-refractivity contribution >= 4 is 5.91 Å². The maximum atomic E-state index is 13.3. The molecule has 8 nitrogen and oxygen atoms in total. The molecule has 8 heteroatoms. The van der Waals surface area contributed by atoms with Gasteiger partial charge in [-0.05, 0) is 50.2 Å². The van der Waals surface area contributed by atoms with Crippen LogP contribution in [0, 0.1) is 11.1 Å². The Morgan fingerprint density at radius 3 is 2.90 bits per heavy atom. The highest BCUT2D eigenvalue weighted by molar-refractivity contribution is 5.95. The van der Waals surface area contributed by atoms with Gasteiger partial charge in [-0.15, -0.1) is 0 Å². The van der Waals surface area contributed by atoms with Crippen LogP contribution in [0.1, 0.15) is 59.0 Å². The fourth-order valence-electron chi connectivity index (χ4n) is 4.85. The van der Waals surface area contributed by atoms with E-state index < -0.39 is 5.54 Å². The number of rotatable bonds is 4. The number of fused-ring (bicyclic) bond motifs is 3. The van der Waals surface area contributed by atoms with Crippen LogP contribution in [0.4, 0.5) is 0 Å². The Hall–Kier alpha value is -3.29. The fourth-order valence-corrected chi connectivity index (χ4v) is 4.85. The average molecular weight is 388 g/mol. The molecular formula is C21H20N6O2. The molecular weight excluding hydrogens is 368 g/mol. The molecule has 2 atom stereocenters. The maximum absolute atomic E-state index is 13.3. The molecule has 3 heterocycles. The normalized spacial score (nSPS) is 23.0. The number of nitrogens with one attached hydrogen (secondary N) is 1. The molecule has 0 spiro atoms. The quantitative estimate of drug-likeness (QED) is 0.542. The smallest absolute Gasteiger partial charge is 0.272 e. The summed E-state index contributed by atoms with van der Waals surface area (Å²) in [4.78, 5) is 22.1. The van der Waals surface area contributed by atoms with Gasteiger partial charge in [0.25, 0.3) is 5.91 Å². The van der Waals surface area contributed by atoms with Gasteiger partial charge in [-0.2, -0.15) is 9.83 Å². The van der Waals surface area contributed by atoms with E-state index in [1.807, 2.05) is 18.2 Å². The first-order valence-corrected chi connectivity index (χ1v) is 10.1. The number of aromatic nitrogens is 5. The number of hydrogen-bond donors (Lipinski definition) is 1. The Balaban J connectivity index is 1.38. The van der Waals surface area contributed by atoms with E-state index in [4.69, 9.17) is 0 Å². The zero-order valence-corrected chi connectivity index (χ0v) is 15.8. The van der Waals surface area contributed by atoms with E-state index in [0.29, 0.717) is 28.1 Å². The molecule has 3 aliphatic carbocycles. The summed E-state index contributed by atoms with van der Waals surface area (Å²) in [6, 6.07) is 5.81. The second-order valence-electron chi connectivity index (χ2n) is 8.31. The molecule has 6 rings (SSSR count). The van der Waals surface area contributed by atoms with Crippen molar-refractivity contribution in [2.24, 2.45) is 5.92 Å². The molecule has 0 aromatic carbocycles. The molecule has 3 aliphatic rings. The van der Waals surface area contributed by atoms with Gasteiger partial charge >= 0.3 is 0 Å². The third-order valence-electron chi connectivity index (χ3n) is 6.57. The standard InChI is InChI=1S/C21H20N6O2/c28-20(24-21(5-3-6-21)16-4-1-2-7-22-16)18-15-11-13-10-14(13)19(15)27(25-18)17-12-26(29)9-8-23-17/h1-2,4,7-9,12-14H,3,5-6,10-11H2,(H,24,28)/t13-,14-/m1/s1. The molecule has 3 aromatic rings. The summed E-state index contributed by atoms with van der Waals surface area (Å²) in [6.07, 6.45) is 10.7. The van der Waals surface area contributed by atoms with E-state index in [0.717, 1.165) is 49.1 Å². The minimum Gasteiger partial charge on any atom is -0.619 e. The highest BCUT2D eigenvalue weighted by Gasteiger charge is 2.51. The Morgan fingerprint density at radius 2 is 2.17 bits per heavy atom. The second-order valence-corrected chi connectivity index (χ2v) is 8.31. The Labute approximate surface area is 167 Å². The molecule has 0 saturated heterocycles. The molecule has 3 aromatic heterocycles. The molecule has 2 saturated carbocycles. The number of carbonyl (C=O) groups is 1. The van der Waals surface area contributed by atoms with E-state index in [1.165, 1.54) is 18.6 Å². The number of carbonyl (C=O) groups excluding carboxylic acids is 1. The molecule has 0 aliphatic heterocycles. The topological polar surface area (TPSA) is 99.6 Å². The molecule has 29 heavy (non-hydrogen) atoms. The Morgan fingerprint density at radius 1 is 1.28 bits per heavy atom. The third-order valence-corrected chi connectivity index (χ3v) is 6.57. The highest BCUT2D eigenvalue weighted by Crippen LogP contribution is 2.57. The molecule has 0 unspecified atom stereocenters. The summed E-state index contributed by atoms with van der Waals surface area (Å²) in [5, 5.41) is 19.6. The summed E-state index contributed by atoms with van der Waals surface area (Å²) in [5.41, 5.74) is 2.98. The first-order chi connectivity index (χ1) is 14.1. The van der Waals surface area contributed by atoms with Crippen LogP contribution in [0.3, 0.4) is 0 Å². The lowest BCUT2D eigenvalue weighted by Gasteiger charge is -2.41. The number of amides is 1. The van der Waals surface area contributed by atoms with Gasteiger partial charge < -0.3 is 10.5 Å². The van der Waals surface area contributed by atoms with Crippen LogP contribution in [0.25, 0.3) is 5.82 Å². The zero-order chi connectivity index (χ0) is 19.6. The summed E-state index contributed by atoms with van der Waals surface area (Å²) in [7, 11) is 0. The van der Waals surface area contributed by atoms with Crippen LogP contribution in [-0.2, 0) is 12.0 Å². The largest absolute Gasteiger partial charge is 0.619 e. The Kier molecular flexibility index (Phi) is 3.36. The van der Waals surface area contributed by atoms with Crippen LogP contribution in [0.5, 0.6) is 0 Å². The lowest BCUT2D eigenvalue weighted by atomic mass is 9.74. The van der Waals surface area contributed by atoms with Gasteiger partial charge in [0.1, 0.15) is 0 Å². The van der Waals surface area contributed by atoms with Crippen molar-refractivity contribution in [3.63, 3.8) is 0 Å². The van der Waals surface area contributed by atoms with Crippen LogP contribution < -0.4 is 10.0 Å². The van der Waals surface area contributed by atoms with Gasteiger partial charge in [0.05, 0.1) is 23.1 Å². The van der Waals surface area contributed by atoms with Gasteiger partial charge in [0.15, 0.2) is 11.9 Å². The number of nitrogens with zero attached hydrogens (tertiary/aromatic N) is 5. The van der Waals surface area contributed by atoms with E-state index in [1.54, 1.807) is 10.9 Å².